The van der Waals surface area contributed by atoms with Gasteiger partial charge in [-0.15, -0.1) is 0 Å². The third-order valence-electron chi connectivity index (χ3n) is 7.91. The van der Waals surface area contributed by atoms with Gasteiger partial charge in [-0.05, 0) is 57.2 Å². The minimum absolute atomic E-state index is 0.209. The molecule has 2 aliphatic heterocycles. The Hall–Kier alpha value is -2.14. The number of fused-ring (bicyclic) bond motifs is 1. The third kappa shape index (κ3) is 3.02. The van der Waals surface area contributed by atoms with Crippen LogP contribution in [0, 0.1) is 12.3 Å². The highest BCUT2D eigenvalue weighted by molar-refractivity contribution is 5.77. The normalized spacial score (nSPS) is 33.8. The first kappa shape index (κ1) is 18.9. The van der Waals surface area contributed by atoms with Gasteiger partial charge in [0.1, 0.15) is 6.54 Å². The summed E-state index contributed by atoms with van der Waals surface area (Å²) in [5.74, 6) is 0.237. The van der Waals surface area contributed by atoms with Gasteiger partial charge in [0.05, 0.1) is 6.20 Å². The molecule has 1 saturated carbocycles. The summed E-state index contributed by atoms with van der Waals surface area (Å²) >= 11 is 0. The van der Waals surface area contributed by atoms with E-state index in [1.165, 1.54) is 18.4 Å². The molecule has 5 heteroatoms. The molecule has 2 saturated heterocycles. The quantitative estimate of drug-likeness (QED) is 0.802. The van der Waals surface area contributed by atoms with Crippen LogP contribution in [-0.4, -0.2) is 56.7 Å². The van der Waals surface area contributed by atoms with Crippen LogP contribution in [0.5, 0.6) is 0 Å². The van der Waals surface area contributed by atoms with E-state index in [4.69, 9.17) is 0 Å². The summed E-state index contributed by atoms with van der Waals surface area (Å²) < 4.78 is 1.80. The number of benzene rings is 1. The average molecular weight is 393 g/mol. The molecular weight excluding hydrogens is 360 g/mol. The lowest BCUT2D eigenvalue weighted by Crippen LogP contribution is -2.59. The van der Waals surface area contributed by atoms with Gasteiger partial charge >= 0.3 is 0 Å². The van der Waals surface area contributed by atoms with Gasteiger partial charge < -0.3 is 4.90 Å². The minimum Gasteiger partial charge on any atom is -0.333 e. The number of nitrogens with zero attached hydrogens (tertiary/aromatic N) is 4. The second-order valence-electron chi connectivity index (χ2n) is 9.68. The number of likely N-dealkylation sites (N-methyl/N-ethyl adjacent to an activating group) is 1. The highest BCUT2D eigenvalue weighted by atomic mass is 16.2. The fourth-order valence-corrected chi connectivity index (χ4v) is 6.66. The zero-order chi connectivity index (χ0) is 20.2. The van der Waals surface area contributed by atoms with Crippen molar-refractivity contribution in [3.63, 3.8) is 0 Å². The number of hydrogen-bond donors (Lipinski definition) is 0. The minimum atomic E-state index is 0.209. The Bertz CT molecular complexity index is 893. The van der Waals surface area contributed by atoms with Gasteiger partial charge in [0.2, 0.25) is 5.91 Å². The monoisotopic (exact) mass is 392 g/mol. The van der Waals surface area contributed by atoms with Crippen molar-refractivity contribution < 1.29 is 4.79 Å². The van der Waals surface area contributed by atoms with Crippen molar-refractivity contribution in [3.8, 4) is 0 Å². The number of likely N-dealkylation sites (tertiary alicyclic amines) is 2. The number of carbonyl (C=O) groups is 1. The van der Waals surface area contributed by atoms with Crippen molar-refractivity contribution in [2.24, 2.45) is 5.41 Å². The first-order valence-electron chi connectivity index (χ1n) is 11.0. The standard InChI is InChI=1S/C24H32N4O/c1-17-14-25-27(15-17)16-23(29)28-20-13-24(2)21(10-7-11-22(24)28)26(3)19(20)12-18-8-5-4-6-9-18/h4-6,8-9,14-15,19-22H,7,10-13,16H2,1-3H3/t19-,20+,21-,22+,24-/m1/s1. The summed E-state index contributed by atoms with van der Waals surface area (Å²) in [4.78, 5) is 18.5. The Balaban J connectivity index is 1.48. The van der Waals surface area contributed by atoms with E-state index < -0.39 is 0 Å². The van der Waals surface area contributed by atoms with Crippen molar-refractivity contribution in [1.29, 1.82) is 0 Å². The largest absolute Gasteiger partial charge is 0.333 e. The van der Waals surface area contributed by atoms with Gasteiger partial charge in [-0.2, -0.15) is 5.10 Å². The Morgan fingerprint density at radius 2 is 1.97 bits per heavy atom. The van der Waals surface area contributed by atoms with Gasteiger partial charge in [0.15, 0.2) is 0 Å². The van der Waals surface area contributed by atoms with E-state index in [-0.39, 0.29) is 17.4 Å². The molecule has 29 heavy (non-hydrogen) atoms. The highest BCUT2D eigenvalue weighted by Crippen LogP contribution is 2.56. The fraction of sp³-hybridized carbons (Fsp3) is 0.583. The van der Waals surface area contributed by atoms with Gasteiger partial charge in [0, 0.05) is 35.8 Å². The van der Waals surface area contributed by atoms with Crippen LogP contribution in [-0.2, 0) is 17.8 Å². The zero-order valence-corrected chi connectivity index (χ0v) is 17.8. The average Bonchev–Trinajstić information content (AvgIpc) is 3.24. The van der Waals surface area contributed by atoms with Crippen molar-refractivity contribution >= 4 is 5.91 Å². The first-order valence-corrected chi connectivity index (χ1v) is 11.0. The maximum absolute atomic E-state index is 13.6. The van der Waals surface area contributed by atoms with E-state index in [2.05, 4.69) is 59.2 Å². The second kappa shape index (κ2) is 6.98. The molecule has 3 heterocycles. The summed E-state index contributed by atoms with van der Waals surface area (Å²) in [5, 5.41) is 4.37. The lowest BCUT2D eigenvalue weighted by atomic mass is 9.64. The Kier molecular flexibility index (Phi) is 4.54. The van der Waals surface area contributed by atoms with Crippen LogP contribution < -0.4 is 0 Å². The number of amides is 1. The third-order valence-corrected chi connectivity index (χ3v) is 7.91. The molecule has 0 radical (unpaired) electrons. The van der Waals surface area contributed by atoms with Crippen molar-refractivity contribution in [2.45, 2.75) is 76.7 Å². The SMILES string of the molecule is Cc1cnn(CC(=O)N2[C@H]3CCC[C@H]4N(C)[C@H](Cc5ccccc5)[C@@H]2C[C@@]34C)c1. The molecule has 3 fully saturated rings. The van der Waals surface area contributed by atoms with Crippen LogP contribution in [0.2, 0.25) is 0 Å². The van der Waals surface area contributed by atoms with Gasteiger partial charge in [-0.25, -0.2) is 0 Å². The molecule has 2 aromatic rings. The predicted octanol–water partition coefficient (Wildman–Crippen LogP) is 3.28. The summed E-state index contributed by atoms with van der Waals surface area (Å²) in [6.07, 6.45) is 9.55. The maximum atomic E-state index is 13.6. The number of rotatable bonds is 4. The highest BCUT2D eigenvalue weighted by Gasteiger charge is 2.62. The van der Waals surface area contributed by atoms with Crippen LogP contribution >= 0.6 is 0 Å². The van der Waals surface area contributed by atoms with E-state index in [0.717, 1.165) is 24.8 Å². The lowest BCUT2D eigenvalue weighted by molar-refractivity contribution is -0.136. The topological polar surface area (TPSA) is 41.4 Å². The van der Waals surface area contributed by atoms with Crippen LogP contribution in [0.4, 0.5) is 0 Å². The van der Waals surface area contributed by atoms with E-state index in [0.29, 0.717) is 24.7 Å². The first-order chi connectivity index (χ1) is 14.0. The molecule has 1 aromatic carbocycles. The van der Waals surface area contributed by atoms with Crippen LogP contribution in [0.3, 0.4) is 0 Å². The molecule has 3 aliphatic rings. The molecule has 154 valence electrons. The van der Waals surface area contributed by atoms with E-state index in [1.807, 2.05) is 19.3 Å². The zero-order valence-electron chi connectivity index (χ0n) is 17.8. The Labute approximate surface area is 173 Å². The van der Waals surface area contributed by atoms with Crippen molar-refractivity contribution in [2.75, 3.05) is 7.05 Å². The molecule has 5 atom stereocenters. The molecule has 0 spiro atoms. The molecule has 1 aromatic heterocycles. The molecule has 0 unspecified atom stereocenters. The molecule has 0 N–H and O–H groups in total. The Morgan fingerprint density at radius 1 is 1.21 bits per heavy atom. The number of aryl methyl sites for hydroxylation is 1. The number of carbonyl (C=O) groups excluding carboxylic acids is 1. The van der Waals surface area contributed by atoms with Crippen LogP contribution in [0.1, 0.15) is 43.7 Å². The fourth-order valence-electron chi connectivity index (χ4n) is 6.66. The second-order valence-corrected chi connectivity index (χ2v) is 9.68. The van der Waals surface area contributed by atoms with E-state index in [1.54, 1.807) is 4.68 Å². The molecule has 1 amide bonds. The van der Waals surface area contributed by atoms with Crippen LogP contribution in [0.15, 0.2) is 42.7 Å². The summed E-state index contributed by atoms with van der Waals surface area (Å²) in [6, 6.07) is 12.4. The molecular formula is C24H32N4O. The van der Waals surface area contributed by atoms with Gasteiger partial charge in [-0.3, -0.25) is 14.4 Å². The summed E-state index contributed by atoms with van der Waals surface area (Å²) in [5.41, 5.74) is 2.68. The molecule has 5 nitrogen and oxygen atoms in total. The van der Waals surface area contributed by atoms with E-state index >= 15 is 0 Å². The number of piperidine rings is 1. The van der Waals surface area contributed by atoms with Crippen molar-refractivity contribution in [3.05, 3.63) is 53.9 Å². The smallest absolute Gasteiger partial charge is 0.244 e. The summed E-state index contributed by atoms with van der Waals surface area (Å²) in [7, 11) is 2.30. The lowest BCUT2D eigenvalue weighted by Gasteiger charge is -2.51. The maximum Gasteiger partial charge on any atom is 0.244 e. The van der Waals surface area contributed by atoms with Gasteiger partial charge in [-0.1, -0.05) is 37.3 Å². The van der Waals surface area contributed by atoms with Crippen LogP contribution in [0.25, 0.3) is 0 Å². The number of hydrogen-bond acceptors (Lipinski definition) is 3. The molecule has 1 aliphatic carbocycles. The molecule has 5 rings (SSSR count). The summed E-state index contributed by atoms with van der Waals surface area (Å²) in [6.45, 7) is 4.81. The predicted molar refractivity (Wildman–Crippen MR) is 113 cm³/mol. The molecule has 2 bridgehead atoms. The van der Waals surface area contributed by atoms with Gasteiger partial charge in [0.25, 0.3) is 0 Å². The number of aromatic nitrogens is 2. The van der Waals surface area contributed by atoms with E-state index in [9.17, 15) is 4.79 Å². The Morgan fingerprint density at radius 3 is 2.69 bits per heavy atom. The van der Waals surface area contributed by atoms with Crippen molar-refractivity contribution in [1.82, 2.24) is 19.6 Å².